The van der Waals surface area contributed by atoms with Crippen LogP contribution in [0.25, 0.3) is 11.2 Å². The number of rotatable bonds is 1. The van der Waals surface area contributed by atoms with Gasteiger partial charge in [0.15, 0.2) is 16.9 Å². The molecule has 2 aromatic heterocycles. The zero-order valence-electron chi connectivity index (χ0n) is 9.37. The number of imidazole rings is 1. The maximum Gasteiger partial charge on any atom is 0.278 e. The lowest BCUT2D eigenvalue weighted by Crippen LogP contribution is -2.44. The third-order valence-electron chi connectivity index (χ3n) is 2.79. The molecule has 3 rings (SSSR count). The van der Waals surface area contributed by atoms with Gasteiger partial charge in [-0.2, -0.15) is 4.98 Å². The Bertz CT molecular complexity index is 750. The van der Waals surface area contributed by atoms with Gasteiger partial charge in [-0.3, -0.25) is 15.2 Å². The summed E-state index contributed by atoms with van der Waals surface area (Å²) >= 11 is 0. The minimum absolute atomic E-state index is 0.0498. The zero-order valence-corrected chi connectivity index (χ0v) is 9.37. The number of anilines is 1. The smallest absolute Gasteiger partial charge is 0.278 e. The van der Waals surface area contributed by atoms with Gasteiger partial charge in [-0.1, -0.05) is 18.2 Å². The van der Waals surface area contributed by atoms with Gasteiger partial charge in [0.25, 0.3) is 5.56 Å². The van der Waals surface area contributed by atoms with Crippen molar-refractivity contribution in [2.24, 2.45) is 0 Å². The van der Waals surface area contributed by atoms with Crippen LogP contribution in [-0.2, 0) is 0 Å². The fourth-order valence-corrected chi connectivity index (χ4v) is 1.98. The molecule has 2 heterocycles. The van der Waals surface area contributed by atoms with E-state index in [9.17, 15) is 4.79 Å². The predicted octanol–water partition coefficient (Wildman–Crippen LogP) is -1.43. The van der Waals surface area contributed by atoms with Crippen molar-refractivity contribution in [3.05, 3.63) is 41.0 Å². The van der Waals surface area contributed by atoms with E-state index in [-0.39, 0.29) is 17.5 Å². The lowest BCUT2D eigenvalue weighted by Gasteiger charge is -2.12. The number of nitrogens with two attached hydrogens (primary N) is 2. The molecule has 1 aliphatic rings. The second kappa shape index (κ2) is 3.66. The van der Waals surface area contributed by atoms with E-state index >= 15 is 0 Å². The average molecular weight is 243 g/mol. The van der Waals surface area contributed by atoms with Crippen molar-refractivity contribution in [3.8, 4) is 0 Å². The molecule has 7 nitrogen and oxygen atoms in total. The molecule has 1 atom stereocenters. The predicted molar refractivity (Wildman–Crippen MR) is 66.8 cm³/mol. The Morgan fingerprint density at radius 2 is 2.28 bits per heavy atom. The number of fused-ring (bicyclic) bond motifs is 1. The Morgan fingerprint density at radius 3 is 3.06 bits per heavy atom. The van der Waals surface area contributed by atoms with Crippen molar-refractivity contribution >= 4 is 22.8 Å². The first-order valence-electron chi connectivity index (χ1n) is 5.36. The van der Waals surface area contributed by atoms with Gasteiger partial charge in [-0.05, 0) is 0 Å². The summed E-state index contributed by atoms with van der Waals surface area (Å²) in [6.07, 6.45) is 8.91. The van der Waals surface area contributed by atoms with Crippen LogP contribution < -0.4 is 16.7 Å². The first-order valence-corrected chi connectivity index (χ1v) is 5.36. The highest BCUT2D eigenvalue weighted by molar-refractivity contribution is 5.96. The maximum atomic E-state index is 11.9. The van der Waals surface area contributed by atoms with Crippen LogP contribution in [0.1, 0.15) is 6.04 Å². The second-order valence-electron chi connectivity index (χ2n) is 3.96. The van der Waals surface area contributed by atoms with Gasteiger partial charge < -0.3 is 10.3 Å². The van der Waals surface area contributed by atoms with Crippen LogP contribution >= 0.6 is 0 Å². The van der Waals surface area contributed by atoms with E-state index in [1.54, 1.807) is 10.6 Å². The molecule has 0 spiro atoms. The van der Waals surface area contributed by atoms with E-state index in [4.69, 9.17) is 11.1 Å². The second-order valence-corrected chi connectivity index (χ2v) is 3.96. The highest BCUT2D eigenvalue weighted by Gasteiger charge is 2.22. The Morgan fingerprint density at radius 1 is 1.44 bits per heavy atom. The van der Waals surface area contributed by atoms with Gasteiger partial charge in [0.2, 0.25) is 5.95 Å². The highest BCUT2D eigenvalue weighted by atomic mass is 16.1. The van der Waals surface area contributed by atoms with Gasteiger partial charge >= 0.3 is 0 Å². The average Bonchev–Trinajstić information content (AvgIpc) is 2.73. The lowest BCUT2D eigenvalue weighted by atomic mass is 10.1. The number of H-pyrrole nitrogens is 1. The fraction of sp³-hybridized carbons (Fsp3) is 0.0909. The van der Waals surface area contributed by atoms with Crippen molar-refractivity contribution in [3.63, 3.8) is 0 Å². The van der Waals surface area contributed by atoms with E-state index in [0.717, 1.165) is 0 Å². The zero-order chi connectivity index (χ0) is 12.7. The van der Waals surface area contributed by atoms with Crippen LogP contribution in [0.15, 0.2) is 35.4 Å². The fourth-order valence-electron chi connectivity index (χ4n) is 1.98. The van der Waals surface area contributed by atoms with Crippen LogP contribution in [0.3, 0.4) is 0 Å². The van der Waals surface area contributed by atoms with Crippen molar-refractivity contribution in [2.45, 2.75) is 6.04 Å². The number of nitrogen functional groups attached to an aromatic ring is 1. The van der Waals surface area contributed by atoms with Gasteiger partial charge in [-0.25, -0.2) is 4.98 Å². The number of hydrogen-bond acceptors (Lipinski definition) is 4. The normalized spacial score (nSPS) is 18.7. The van der Waals surface area contributed by atoms with Crippen molar-refractivity contribution in [2.75, 3.05) is 5.73 Å². The van der Waals surface area contributed by atoms with Crippen LogP contribution in [-0.4, -0.2) is 25.2 Å². The number of nitrogens with one attached hydrogen (secondary N) is 1. The summed E-state index contributed by atoms with van der Waals surface area (Å²) in [4.78, 5) is 22.4. The van der Waals surface area contributed by atoms with E-state index < -0.39 is 0 Å². The van der Waals surface area contributed by atoms with Crippen molar-refractivity contribution in [1.29, 1.82) is 0 Å². The number of aromatic amines is 1. The molecular formula is C11H11N6O+. The summed E-state index contributed by atoms with van der Waals surface area (Å²) < 4.78 is 1.68. The molecule has 0 saturated carbocycles. The molecule has 90 valence electrons. The topological polar surface area (TPSA) is 115 Å². The van der Waals surface area contributed by atoms with E-state index in [1.165, 1.54) is 6.33 Å². The minimum atomic E-state index is -0.328. The van der Waals surface area contributed by atoms with Crippen LogP contribution in [0, 0.1) is 0 Å². The Balaban J connectivity index is 2.25. The summed E-state index contributed by atoms with van der Waals surface area (Å²) in [6.45, 7) is 0. The monoisotopic (exact) mass is 243 g/mol. The summed E-state index contributed by atoms with van der Waals surface area (Å²) in [7, 11) is 0. The molecule has 0 aliphatic heterocycles. The molecule has 0 unspecified atom stereocenters. The molecule has 0 aromatic carbocycles. The standard InChI is InChI=1S/C11H10N6O/c12-6-3-1-2-4-7(6)17-5-14-9-8(17)10(18)16-11(13)15-9/h1-5,7,12H,(H3,13,15,16,18)/p+1/t7-/m0/s1. The van der Waals surface area contributed by atoms with Crippen LogP contribution in [0.4, 0.5) is 5.95 Å². The Kier molecular flexibility index (Phi) is 2.12. The van der Waals surface area contributed by atoms with Crippen LogP contribution in [0.5, 0.6) is 0 Å². The molecule has 0 amide bonds. The summed E-state index contributed by atoms with van der Waals surface area (Å²) in [6, 6.07) is -0.230. The molecule has 0 radical (unpaired) electrons. The summed E-state index contributed by atoms with van der Waals surface area (Å²) in [5.74, 6) is 0.0498. The number of aromatic nitrogens is 4. The number of allylic oxidation sites excluding steroid dienone is 4. The maximum absolute atomic E-state index is 11.9. The molecule has 0 fully saturated rings. The van der Waals surface area contributed by atoms with Crippen molar-refractivity contribution < 1.29 is 5.41 Å². The number of hydrogen-bond donors (Lipinski definition) is 3. The molecular weight excluding hydrogens is 232 g/mol. The third kappa shape index (κ3) is 1.45. The third-order valence-corrected chi connectivity index (χ3v) is 2.79. The molecule has 1 aliphatic carbocycles. The van der Waals surface area contributed by atoms with Crippen molar-refractivity contribution in [1.82, 2.24) is 19.5 Å². The van der Waals surface area contributed by atoms with Gasteiger partial charge in [0.05, 0.1) is 6.33 Å². The molecule has 0 saturated heterocycles. The van der Waals surface area contributed by atoms with Gasteiger partial charge in [0, 0.05) is 6.08 Å². The molecule has 0 bridgehead atoms. The first kappa shape index (κ1) is 10.5. The SMILES string of the molecule is Nc1nc2ncn([C@H]3C=CC=CC3=[NH2+])c2c(=O)[nH]1. The van der Waals surface area contributed by atoms with E-state index in [2.05, 4.69) is 15.0 Å². The Hall–Kier alpha value is -2.70. The van der Waals surface area contributed by atoms with E-state index in [1.807, 2.05) is 18.2 Å². The minimum Gasteiger partial charge on any atom is -0.369 e. The number of nitrogens with zero attached hydrogens (tertiary/aromatic N) is 3. The molecule has 7 heteroatoms. The highest BCUT2D eigenvalue weighted by Crippen LogP contribution is 2.17. The van der Waals surface area contributed by atoms with Gasteiger partial charge in [-0.15, -0.1) is 0 Å². The van der Waals surface area contributed by atoms with Gasteiger partial charge in [0.1, 0.15) is 6.04 Å². The molecule has 18 heavy (non-hydrogen) atoms. The van der Waals surface area contributed by atoms with Crippen LogP contribution in [0.2, 0.25) is 0 Å². The summed E-state index contributed by atoms with van der Waals surface area (Å²) in [5, 5.41) is 5.91. The van der Waals surface area contributed by atoms with E-state index in [0.29, 0.717) is 16.9 Å². The molecule has 2 aromatic rings. The largest absolute Gasteiger partial charge is 0.369 e. The lowest BCUT2D eigenvalue weighted by molar-refractivity contribution is -0.116. The quantitative estimate of drug-likeness (QED) is 0.569. The first-order chi connectivity index (χ1) is 8.66. The summed E-state index contributed by atoms with van der Waals surface area (Å²) in [5.41, 5.74) is 6.44. The molecule has 5 N–H and O–H groups in total. The Labute approximate surface area is 101 Å².